The van der Waals surface area contributed by atoms with E-state index in [-0.39, 0.29) is 11.3 Å². The van der Waals surface area contributed by atoms with Crippen molar-refractivity contribution in [2.45, 2.75) is 20.4 Å². The molecule has 0 spiro atoms. The molecule has 1 saturated heterocycles. The third-order valence-corrected chi connectivity index (χ3v) is 3.43. The van der Waals surface area contributed by atoms with Crippen LogP contribution < -0.4 is 5.32 Å². The highest BCUT2D eigenvalue weighted by atomic mass is 16.2. The SMILES string of the molecule is CCN(Cc1ccccc1)C(=O)C1(C)CNC1. The number of benzene rings is 1. The fourth-order valence-corrected chi connectivity index (χ4v) is 2.16. The highest BCUT2D eigenvalue weighted by molar-refractivity contribution is 5.83. The summed E-state index contributed by atoms with van der Waals surface area (Å²) in [4.78, 5) is 14.3. The van der Waals surface area contributed by atoms with Gasteiger partial charge in [0.2, 0.25) is 5.91 Å². The number of nitrogens with one attached hydrogen (secondary N) is 1. The fourth-order valence-electron chi connectivity index (χ4n) is 2.16. The van der Waals surface area contributed by atoms with Crippen molar-refractivity contribution in [2.75, 3.05) is 19.6 Å². The third-order valence-electron chi connectivity index (χ3n) is 3.43. The molecule has 0 unspecified atom stereocenters. The molecule has 2 rings (SSSR count). The van der Waals surface area contributed by atoms with E-state index in [4.69, 9.17) is 0 Å². The van der Waals surface area contributed by atoms with E-state index < -0.39 is 0 Å². The molecule has 92 valence electrons. The number of hydrogen-bond acceptors (Lipinski definition) is 2. The van der Waals surface area contributed by atoms with Crippen LogP contribution in [0.25, 0.3) is 0 Å². The maximum atomic E-state index is 12.4. The van der Waals surface area contributed by atoms with Gasteiger partial charge in [0.25, 0.3) is 0 Å². The van der Waals surface area contributed by atoms with Crippen molar-refractivity contribution in [3.63, 3.8) is 0 Å². The van der Waals surface area contributed by atoms with Gasteiger partial charge in [0, 0.05) is 26.2 Å². The van der Waals surface area contributed by atoms with E-state index in [1.807, 2.05) is 36.9 Å². The molecule has 3 nitrogen and oxygen atoms in total. The zero-order valence-electron chi connectivity index (χ0n) is 10.6. The zero-order chi connectivity index (χ0) is 12.3. The summed E-state index contributed by atoms with van der Waals surface area (Å²) in [5, 5.41) is 3.18. The predicted octanol–water partition coefficient (Wildman–Crippen LogP) is 1.64. The molecule has 0 radical (unpaired) electrons. The molecule has 0 bridgehead atoms. The van der Waals surface area contributed by atoms with Gasteiger partial charge in [-0.2, -0.15) is 0 Å². The van der Waals surface area contributed by atoms with Gasteiger partial charge < -0.3 is 10.2 Å². The lowest BCUT2D eigenvalue weighted by Crippen LogP contribution is -2.60. The van der Waals surface area contributed by atoms with Crippen LogP contribution >= 0.6 is 0 Å². The highest BCUT2D eigenvalue weighted by Crippen LogP contribution is 2.25. The number of rotatable bonds is 4. The first-order chi connectivity index (χ1) is 8.15. The standard InChI is InChI=1S/C14H20N2O/c1-3-16(9-12-7-5-4-6-8-12)13(17)14(2)10-15-11-14/h4-8,15H,3,9-11H2,1-2H3. The summed E-state index contributed by atoms with van der Waals surface area (Å²) in [6.45, 7) is 7.17. The van der Waals surface area contributed by atoms with Crippen molar-refractivity contribution in [1.29, 1.82) is 0 Å². The average Bonchev–Trinajstić information content (AvgIpc) is 2.33. The van der Waals surface area contributed by atoms with Gasteiger partial charge in [0.05, 0.1) is 5.41 Å². The molecule has 1 amide bonds. The topological polar surface area (TPSA) is 32.3 Å². The molecule has 1 aromatic rings. The molecule has 1 aliphatic rings. The van der Waals surface area contributed by atoms with Gasteiger partial charge in [-0.1, -0.05) is 30.3 Å². The first-order valence-electron chi connectivity index (χ1n) is 6.20. The van der Waals surface area contributed by atoms with Gasteiger partial charge >= 0.3 is 0 Å². The van der Waals surface area contributed by atoms with Gasteiger partial charge in [0.15, 0.2) is 0 Å². The maximum Gasteiger partial charge on any atom is 0.231 e. The largest absolute Gasteiger partial charge is 0.338 e. The average molecular weight is 232 g/mol. The molecule has 1 N–H and O–H groups in total. The van der Waals surface area contributed by atoms with Gasteiger partial charge in [0.1, 0.15) is 0 Å². The fraction of sp³-hybridized carbons (Fsp3) is 0.500. The van der Waals surface area contributed by atoms with Gasteiger partial charge in [-0.15, -0.1) is 0 Å². The van der Waals surface area contributed by atoms with Crippen LogP contribution in [-0.4, -0.2) is 30.4 Å². The Labute approximate surface area is 103 Å². The van der Waals surface area contributed by atoms with E-state index in [1.54, 1.807) is 0 Å². The molecule has 0 saturated carbocycles. The second-order valence-corrected chi connectivity index (χ2v) is 4.97. The molecule has 0 aliphatic carbocycles. The number of amides is 1. The van der Waals surface area contributed by atoms with Crippen LogP contribution in [0.2, 0.25) is 0 Å². The van der Waals surface area contributed by atoms with E-state index in [0.717, 1.165) is 19.6 Å². The normalized spacial score (nSPS) is 17.3. The summed E-state index contributed by atoms with van der Waals surface area (Å²) in [7, 11) is 0. The van der Waals surface area contributed by atoms with Crippen molar-refractivity contribution in [1.82, 2.24) is 10.2 Å². The minimum absolute atomic E-state index is 0.190. The second kappa shape index (κ2) is 4.88. The van der Waals surface area contributed by atoms with Crippen molar-refractivity contribution in [2.24, 2.45) is 5.41 Å². The lowest BCUT2D eigenvalue weighted by molar-refractivity contribution is -0.144. The molecule has 1 heterocycles. The zero-order valence-corrected chi connectivity index (χ0v) is 10.6. The quantitative estimate of drug-likeness (QED) is 0.856. The lowest BCUT2D eigenvalue weighted by atomic mass is 9.82. The van der Waals surface area contributed by atoms with Crippen molar-refractivity contribution in [3.05, 3.63) is 35.9 Å². The van der Waals surface area contributed by atoms with E-state index in [0.29, 0.717) is 6.54 Å². The Kier molecular flexibility index (Phi) is 3.48. The third kappa shape index (κ3) is 2.50. The van der Waals surface area contributed by atoms with Gasteiger partial charge in [-0.25, -0.2) is 0 Å². The highest BCUT2D eigenvalue weighted by Gasteiger charge is 2.41. The first-order valence-corrected chi connectivity index (χ1v) is 6.20. The summed E-state index contributed by atoms with van der Waals surface area (Å²) in [6.07, 6.45) is 0. The summed E-state index contributed by atoms with van der Waals surface area (Å²) < 4.78 is 0. The Hall–Kier alpha value is -1.35. The smallest absolute Gasteiger partial charge is 0.231 e. The molecule has 0 aromatic heterocycles. The van der Waals surface area contributed by atoms with Crippen LogP contribution in [0.3, 0.4) is 0 Å². The van der Waals surface area contributed by atoms with Crippen LogP contribution in [-0.2, 0) is 11.3 Å². The molecule has 1 aliphatic heterocycles. The first kappa shape index (κ1) is 12.1. The van der Waals surface area contributed by atoms with Crippen LogP contribution in [0.1, 0.15) is 19.4 Å². The Morgan fingerprint density at radius 2 is 2.00 bits per heavy atom. The second-order valence-electron chi connectivity index (χ2n) is 4.97. The van der Waals surface area contributed by atoms with Crippen LogP contribution in [0, 0.1) is 5.41 Å². The molecular formula is C14H20N2O. The monoisotopic (exact) mass is 232 g/mol. The molecular weight excluding hydrogens is 212 g/mol. The summed E-state index contributed by atoms with van der Waals surface area (Å²) in [5.74, 6) is 0.266. The van der Waals surface area contributed by atoms with Crippen molar-refractivity contribution in [3.8, 4) is 0 Å². The van der Waals surface area contributed by atoms with E-state index in [2.05, 4.69) is 17.4 Å². The van der Waals surface area contributed by atoms with E-state index in [1.165, 1.54) is 5.56 Å². The lowest BCUT2D eigenvalue weighted by Gasteiger charge is -2.41. The predicted molar refractivity (Wildman–Crippen MR) is 68.5 cm³/mol. The minimum Gasteiger partial charge on any atom is -0.338 e. The maximum absolute atomic E-state index is 12.4. The Balaban J connectivity index is 2.04. The Bertz CT molecular complexity index is 384. The van der Waals surface area contributed by atoms with Crippen LogP contribution in [0.15, 0.2) is 30.3 Å². The summed E-state index contributed by atoms with van der Waals surface area (Å²) in [5.41, 5.74) is 1.00. The van der Waals surface area contributed by atoms with Gasteiger partial charge in [-0.05, 0) is 19.4 Å². The Morgan fingerprint density at radius 3 is 2.47 bits per heavy atom. The summed E-state index contributed by atoms with van der Waals surface area (Å²) in [6, 6.07) is 10.2. The van der Waals surface area contributed by atoms with Crippen LogP contribution in [0.4, 0.5) is 0 Å². The number of carbonyl (C=O) groups excluding carboxylic acids is 1. The van der Waals surface area contributed by atoms with Gasteiger partial charge in [-0.3, -0.25) is 4.79 Å². The molecule has 0 atom stereocenters. The van der Waals surface area contributed by atoms with E-state index >= 15 is 0 Å². The molecule has 17 heavy (non-hydrogen) atoms. The molecule has 3 heteroatoms. The Morgan fingerprint density at radius 1 is 1.35 bits per heavy atom. The van der Waals surface area contributed by atoms with Crippen molar-refractivity contribution < 1.29 is 4.79 Å². The van der Waals surface area contributed by atoms with Crippen molar-refractivity contribution >= 4 is 5.91 Å². The number of hydrogen-bond donors (Lipinski definition) is 1. The molecule has 1 fully saturated rings. The number of nitrogens with zero attached hydrogens (tertiary/aromatic N) is 1. The molecule has 1 aromatic carbocycles. The number of carbonyl (C=O) groups is 1. The van der Waals surface area contributed by atoms with Crippen LogP contribution in [0.5, 0.6) is 0 Å². The van der Waals surface area contributed by atoms with E-state index in [9.17, 15) is 4.79 Å². The summed E-state index contributed by atoms with van der Waals surface area (Å²) >= 11 is 0. The minimum atomic E-state index is -0.190.